The minimum absolute atomic E-state index is 0.363. The molecule has 0 aromatic heterocycles. The van der Waals surface area contributed by atoms with Crippen molar-refractivity contribution < 1.29 is 5.11 Å². The molecule has 3 saturated carbocycles. The summed E-state index contributed by atoms with van der Waals surface area (Å²) in [5, 5.41) is 10.0. The molecule has 3 fully saturated rings. The van der Waals surface area contributed by atoms with E-state index in [0.29, 0.717) is 11.3 Å². The number of hydrogen-bond acceptors (Lipinski definition) is 1. The van der Waals surface area contributed by atoms with Crippen molar-refractivity contribution >= 4 is 0 Å². The van der Waals surface area contributed by atoms with E-state index < -0.39 is 0 Å². The lowest BCUT2D eigenvalue weighted by Gasteiger charge is -2.62. The smallest absolute Gasteiger partial charge is 0.0653 e. The SMILES string of the molecule is CC1(C)C2CC[C@](C)(O)C1C2. The molecule has 0 heterocycles. The molecule has 0 spiro atoms. The maximum absolute atomic E-state index is 10.0. The average Bonchev–Trinajstić information content (AvgIpc) is 1.84. The van der Waals surface area contributed by atoms with Gasteiger partial charge >= 0.3 is 0 Å². The Labute approximate surface area is 68.8 Å². The highest BCUT2D eigenvalue weighted by molar-refractivity contribution is 5.08. The molecule has 2 unspecified atom stereocenters. The minimum atomic E-state index is -0.363. The second-order valence-corrected chi connectivity index (χ2v) is 5.20. The van der Waals surface area contributed by atoms with Crippen molar-refractivity contribution in [2.45, 2.75) is 45.6 Å². The summed E-state index contributed by atoms with van der Waals surface area (Å²) in [6, 6.07) is 0. The van der Waals surface area contributed by atoms with Gasteiger partial charge in [-0.05, 0) is 43.4 Å². The Kier molecular flexibility index (Phi) is 1.26. The molecule has 3 aliphatic rings. The second kappa shape index (κ2) is 1.82. The lowest BCUT2D eigenvalue weighted by molar-refractivity contribution is -0.192. The summed E-state index contributed by atoms with van der Waals surface area (Å²) in [5.41, 5.74) is 0.0556. The fraction of sp³-hybridized carbons (Fsp3) is 1.00. The number of aliphatic hydroxyl groups is 1. The number of fused-ring (bicyclic) bond motifs is 2. The molecule has 11 heavy (non-hydrogen) atoms. The summed E-state index contributed by atoms with van der Waals surface area (Å²) in [6.07, 6.45) is 3.52. The molecule has 0 radical (unpaired) electrons. The summed E-state index contributed by atoms with van der Waals surface area (Å²) in [7, 11) is 0. The van der Waals surface area contributed by atoms with E-state index in [9.17, 15) is 5.11 Å². The fourth-order valence-corrected chi connectivity index (χ4v) is 3.20. The third kappa shape index (κ3) is 0.807. The molecule has 1 N–H and O–H groups in total. The van der Waals surface area contributed by atoms with E-state index in [2.05, 4.69) is 13.8 Å². The van der Waals surface area contributed by atoms with Crippen LogP contribution in [0, 0.1) is 17.3 Å². The first kappa shape index (κ1) is 7.60. The van der Waals surface area contributed by atoms with Gasteiger partial charge in [-0.3, -0.25) is 0 Å². The predicted molar refractivity (Wildman–Crippen MR) is 45.2 cm³/mol. The van der Waals surface area contributed by atoms with Crippen molar-refractivity contribution in [3.63, 3.8) is 0 Å². The summed E-state index contributed by atoms with van der Waals surface area (Å²) < 4.78 is 0. The predicted octanol–water partition coefficient (Wildman–Crippen LogP) is 2.19. The zero-order valence-corrected chi connectivity index (χ0v) is 7.72. The zero-order valence-electron chi connectivity index (χ0n) is 7.72. The Balaban J connectivity index is 2.23. The molecule has 0 aliphatic heterocycles. The molecule has 1 nitrogen and oxygen atoms in total. The quantitative estimate of drug-likeness (QED) is 0.567. The highest BCUT2D eigenvalue weighted by Gasteiger charge is 2.58. The van der Waals surface area contributed by atoms with Crippen LogP contribution < -0.4 is 0 Å². The summed E-state index contributed by atoms with van der Waals surface area (Å²) in [5.74, 6) is 1.46. The van der Waals surface area contributed by atoms with Gasteiger partial charge < -0.3 is 5.11 Å². The molecule has 1 heteroatoms. The van der Waals surface area contributed by atoms with E-state index in [1.165, 1.54) is 12.8 Å². The number of rotatable bonds is 0. The Hall–Kier alpha value is -0.0400. The Bertz CT molecular complexity index is 171. The Morgan fingerprint density at radius 3 is 2.18 bits per heavy atom. The topological polar surface area (TPSA) is 20.2 Å². The van der Waals surface area contributed by atoms with Crippen molar-refractivity contribution in [3.05, 3.63) is 0 Å². The third-order valence-electron chi connectivity index (χ3n) is 4.22. The van der Waals surface area contributed by atoms with Crippen molar-refractivity contribution in [2.75, 3.05) is 0 Å². The van der Waals surface area contributed by atoms with Crippen LogP contribution in [-0.4, -0.2) is 10.7 Å². The molecular formula is C10H18O. The van der Waals surface area contributed by atoms with Crippen LogP contribution in [0.5, 0.6) is 0 Å². The molecule has 3 aliphatic carbocycles. The van der Waals surface area contributed by atoms with Gasteiger partial charge in [0.25, 0.3) is 0 Å². The average molecular weight is 154 g/mol. The maximum Gasteiger partial charge on any atom is 0.0653 e. The van der Waals surface area contributed by atoms with Crippen molar-refractivity contribution in [1.29, 1.82) is 0 Å². The summed E-state index contributed by atoms with van der Waals surface area (Å²) >= 11 is 0. The Morgan fingerprint density at radius 1 is 1.27 bits per heavy atom. The monoisotopic (exact) mass is 154 g/mol. The largest absolute Gasteiger partial charge is 0.390 e. The van der Waals surface area contributed by atoms with Gasteiger partial charge in [-0.2, -0.15) is 0 Å². The molecule has 0 saturated heterocycles. The van der Waals surface area contributed by atoms with Crippen LogP contribution in [0.3, 0.4) is 0 Å². The van der Waals surface area contributed by atoms with E-state index >= 15 is 0 Å². The van der Waals surface area contributed by atoms with Crippen LogP contribution in [0.15, 0.2) is 0 Å². The lowest BCUT2D eigenvalue weighted by atomic mass is 9.44. The van der Waals surface area contributed by atoms with Crippen LogP contribution in [-0.2, 0) is 0 Å². The molecule has 0 aromatic rings. The van der Waals surface area contributed by atoms with E-state index in [1.54, 1.807) is 0 Å². The number of hydrogen-bond donors (Lipinski definition) is 1. The van der Waals surface area contributed by atoms with Crippen molar-refractivity contribution in [1.82, 2.24) is 0 Å². The first-order chi connectivity index (χ1) is 4.94. The van der Waals surface area contributed by atoms with Gasteiger partial charge in [-0.25, -0.2) is 0 Å². The first-order valence-corrected chi connectivity index (χ1v) is 4.67. The third-order valence-corrected chi connectivity index (χ3v) is 4.22. The van der Waals surface area contributed by atoms with Gasteiger partial charge in [0.1, 0.15) is 0 Å². The van der Waals surface area contributed by atoms with Crippen molar-refractivity contribution in [2.24, 2.45) is 17.3 Å². The van der Waals surface area contributed by atoms with Crippen LogP contribution in [0.4, 0.5) is 0 Å². The van der Waals surface area contributed by atoms with E-state index in [4.69, 9.17) is 0 Å². The summed E-state index contributed by atoms with van der Waals surface area (Å²) in [6.45, 7) is 6.62. The van der Waals surface area contributed by atoms with Crippen LogP contribution in [0.25, 0.3) is 0 Å². The van der Waals surface area contributed by atoms with Crippen molar-refractivity contribution in [3.8, 4) is 0 Å². The van der Waals surface area contributed by atoms with Crippen LogP contribution in [0.2, 0.25) is 0 Å². The van der Waals surface area contributed by atoms with Gasteiger partial charge in [0.15, 0.2) is 0 Å². The molecule has 2 bridgehead atoms. The molecule has 3 rings (SSSR count). The van der Waals surface area contributed by atoms with E-state index in [1.807, 2.05) is 6.92 Å². The first-order valence-electron chi connectivity index (χ1n) is 4.67. The van der Waals surface area contributed by atoms with E-state index in [-0.39, 0.29) is 5.60 Å². The molecular weight excluding hydrogens is 136 g/mol. The zero-order chi connectivity index (χ0) is 8.28. The maximum atomic E-state index is 10.0. The normalized spacial score (nSPS) is 53.5. The van der Waals surface area contributed by atoms with Gasteiger partial charge in [0.2, 0.25) is 0 Å². The van der Waals surface area contributed by atoms with Gasteiger partial charge in [-0.1, -0.05) is 13.8 Å². The molecule has 64 valence electrons. The second-order valence-electron chi connectivity index (χ2n) is 5.20. The highest BCUT2D eigenvalue weighted by Crippen LogP contribution is 2.62. The van der Waals surface area contributed by atoms with Gasteiger partial charge in [0.05, 0.1) is 5.60 Å². The Morgan fingerprint density at radius 2 is 1.91 bits per heavy atom. The van der Waals surface area contributed by atoms with E-state index in [0.717, 1.165) is 12.3 Å². The fourth-order valence-electron chi connectivity index (χ4n) is 3.20. The molecule has 0 amide bonds. The molecule has 3 atom stereocenters. The lowest BCUT2D eigenvalue weighted by Crippen LogP contribution is -2.60. The molecule has 0 aromatic carbocycles. The van der Waals surface area contributed by atoms with Gasteiger partial charge in [-0.15, -0.1) is 0 Å². The minimum Gasteiger partial charge on any atom is -0.390 e. The van der Waals surface area contributed by atoms with Crippen LogP contribution >= 0.6 is 0 Å². The summed E-state index contributed by atoms with van der Waals surface area (Å²) in [4.78, 5) is 0. The standard InChI is InChI=1S/C10H18O/c1-9(2)7-4-5-10(3,11)8(9)6-7/h7-8,11H,4-6H2,1-3H3/t7?,8?,10-/m0/s1. The van der Waals surface area contributed by atoms with Gasteiger partial charge in [0, 0.05) is 0 Å². The van der Waals surface area contributed by atoms with Crippen LogP contribution in [0.1, 0.15) is 40.0 Å². The highest BCUT2D eigenvalue weighted by atomic mass is 16.3.